The fourth-order valence-electron chi connectivity index (χ4n) is 0.979. The second kappa shape index (κ2) is 5.27. The quantitative estimate of drug-likeness (QED) is 0.797. The fourth-order valence-corrected chi connectivity index (χ4v) is 1.69. The molecule has 0 aliphatic carbocycles. The predicted molar refractivity (Wildman–Crippen MR) is 63.1 cm³/mol. The van der Waals surface area contributed by atoms with E-state index in [1.54, 1.807) is 11.3 Å². The number of carbonyl (C=O) groups excluding carboxylic acids is 1. The lowest BCUT2D eigenvalue weighted by Gasteiger charge is -2.19. The van der Waals surface area contributed by atoms with Crippen molar-refractivity contribution < 1.29 is 9.53 Å². The van der Waals surface area contributed by atoms with Gasteiger partial charge in [-0.15, -0.1) is 11.3 Å². The van der Waals surface area contributed by atoms with Gasteiger partial charge in [-0.25, -0.2) is 15.2 Å². The Kier molecular flexibility index (Phi) is 4.26. The van der Waals surface area contributed by atoms with E-state index in [9.17, 15) is 4.79 Å². The number of hydrogen-bond donors (Lipinski definition) is 2. The summed E-state index contributed by atoms with van der Waals surface area (Å²) in [5, 5.41) is 2.89. The second-order valence-corrected chi connectivity index (χ2v) is 5.31. The smallest absolute Gasteiger partial charge is 0.422 e. The van der Waals surface area contributed by atoms with Gasteiger partial charge < -0.3 is 4.74 Å². The predicted octanol–water partition coefficient (Wildman–Crippen LogP) is 1.98. The van der Waals surface area contributed by atoms with Crippen LogP contribution in [-0.4, -0.2) is 16.7 Å². The molecular weight excluding hydrogens is 226 g/mol. The molecule has 0 fully saturated rings. The lowest BCUT2D eigenvalue weighted by Crippen LogP contribution is -2.40. The number of aryl methyl sites for hydroxylation is 1. The van der Waals surface area contributed by atoms with E-state index in [1.807, 2.05) is 33.1 Å². The van der Waals surface area contributed by atoms with Gasteiger partial charge in [-0.2, -0.15) is 0 Å². The Bertz CT molecular complexity index is 357. The third kappa shape index (κ3) is 5.09. The van der Waals surface area contributed by atoms with E-state index in [4.69, 9.17) is 4.74 Å². The minimum Gasteiger partial charge on any atom is -0.443 e. The third-order valence-electron chi connectivity index (χ3n) is 1.50. The monoisotopic (exact) mass is 243 g/mol. The van der Waals surface area contributed by atoms with E-state index >= 15 is 0 Å². The van der Waals surface area contributed by atoms with Crippen LogP contribution in [0.15, 0.2) is 5.38 Å². The summed E-state index contributed by atoms with van der Waals surface area (Å²) in [7, 11) is 0. The van der Waals surface area contributed by atoms with Crippen molar-refractivity contribution in [2.24, 2.45) is 0 Å². The summed E-state index contributed by atoms with van der Waals surface area (Å²) in [5.74, 6) is 0. The molecule has 0 radical (unpaired) electrons. The van der Waals surface area contributed by atoms with Crippen LogP contribution < -0.4 is 10.9 Å². The van der Waals surface area contributed by atoms with Crippen LogP contribution in [0.25, 0.3) is 0 Å². The molecule has 1 heterocycles. The highest BCUT2D eigenvalue weighted by atomic mass is 32.1. The van der Waals surface area contributed by atoms with Crippen molar-refractivity contribution >= 4 is 17.4 Å². The lowest BCUT2D eigenvalue weighted by atomic mass is 10.2. The van der Waals surface area contributed by atoms with Crippen LogP contribution in [0.5, 0.6) is 0 Å². The van der Waals surface area contributed by atoms with Gasteiger partial charge in [-0.1, -0.05) is 0 Å². The van der Waals surface area contributed by atoms with E-state index in [0.717, 1.165) is 10.7 Å². The number of nitrogens with zero attached hydrogens (tertiary/aromatic N) is 1. The fraction of sp³-hybridized carbons (Fsp3) is 0.600. The van der Waals surface area contributed by atoms with Crippen LogP contribution in [0.1, 0.15) is 31.5 Å². The van der Waals surface area contributed by atoms with Gasteiger partial charge in [0.1, 0.15) is 10.6 Å². The van der Waals surface area contributed by atoms with Crippen LogP contribution in [0.2, 0.25) is 0 Å². The zero-order chi connectivity index (χ0) is 12.2. The number of carbonyl (C=O) groups is 1. The van der Waals surface area contributed by atoms with Crippen molar-refractivity contribution in [3.8, 4) is 0 Å². The summed E-state index contributed by atoms with van der Waals surface area (Å²) in [6.45, 7) is 7.88. The Morgan fingerprint density at radius 3 is 2.75 bits per heavy atom. The molecule has 0 unspecified atom stereocenters. The SMILES string of the molecule is Cc1csc(CNNC(=O)OC(C)(C)C)n1. The maximum Gasteiger partial charge on any atom is 0.422 e. The molecule has 0 saturated carbocycles. The molecule has 0 aromatic carbocycles. The van der Waals surface area contributed by atoms with Gasteiger partial charge in [0.15, 0.2) is 0 Å². The molecular formula is C10H17N3O2S. The van der Waals surface area contributed by atoms with Gasteiger partial charge in [0, 0.05) is 11.1 Å². The van der Waals surface area contributed by atoms with Gasteiger partial charge in [-0.3, -0.25) is 5.43 Å². The highest BCUT2D eigenvalue weighted by molar-refractivity contribution is 7.09. The first kappa shape index (κ1) is 12.9. The van der Waals surface area contributed by atoms with Crippen molar-refractivity contribution in [2.75, 3.05) is 0 Å². The Balaban J connectivity index is 2.23. The Morgan fingerprint density at radius 2 is 2.25 bits per heavy atom. The average molecular weight is 243 g/mol. The first-order chi connectivity index (χ1) is 7.37. The lowest BCUT2D eigenvalue weighted by molar-refractivity contribution is 0.0497. The van der Waals surface area contributed by atoms with Gasteiger partial charge in [0.05, 0.1) is 6.54 Å². The number of hydrogen-bond acceptors (Lipinski definition) is 5. The van der Waals surface area contributed by atoms with Crippen molar-refractivity contribution in [1.82, 2.24) is 15.8 Å². The summed E-state index contributed by atoms with van der Waals surface area (Å²) in [4.78, 5) is 15.5. The Hall–Kier alpha value is -1.14. The molecule has 6 heteroatoms. The van der Waals surface area contributed by atoms with Crippen molar-refractivity contribution in [3.05, 3.63) is 16.1 Å². The minimum atomic E-state index is -0.485. The molecule has 0 bridgehead atoms. The number of nitrogens with one attached hydrogen (secondary N) is 2. The molecule has 0 spiro atoms. The zero-order valence-electron chi connectivity index (χ0n) is 9.96. The highest BCUT2D eigenvalue weighted by Crippen LogP contribution is 2.08. The minimum absolute atomic E-state index is 0.483. The van der Waals surface area contributed by atoms with Crippen molar-refractivity contribution in [1.29, 1.82) is 0 Å². The zero-order valence-corrected chi connectivity index (χ0v) is 10.8. The summed E-state index contributed by atoms with van der Waals surface area (Å²) in [6.07, 6.45) is -0.485. The van der Waals surface area contributed by atoms with Gasteiger partial charge in [-0.05, 0) is 27.7 Å². The van der Waals surface area contributed by atoms with Gasteiger partial charge in [0.25, 0.3) is 0 Å². The van der Waals surface area contributed by atoms with Gasteiger partial charge in [0.2, 0.25) is 0 Å². The summed E-state index contributed by atoms with van der Waals surface area (Å²) in [6, 6.07) is 0. The number of aromatic nitrogens is 1. The number of rotatable bonds is 3. The molecule has 5 nitrogen and oxygen atoms in total. The molecule has 0 aliphatic heterocycles. The molecule has 1 amide bonds. The van der Waals surface area contributed by atoms with Crippen LogP contribution >= 0.6 is 11.3 Å². The summed E-state index contributed by atoms with van der Waals surface area (Å²) >= 11 is 1.55. The largest absolute Gasteiger partial charge is 0.443 e. The Labute approximate surface area is 99.2 Å². The van der Waals surface area contributed by atoms with Crippen molar-refractivity contribution in [2.45, 2.75) is 39.8 Å². The van der Waals surface area contributed by atoms with Crippen molar-refractivity contribution in [3.63, 3.8) is 0 Å². The number of ether oxygens (including phenoxy) is 1. The van der Waals surface area contributed by atoms with Crippen LogP contribution in [0.3, 0.4) is 0 Å². The molecule has 16 heavy (non-hydrogen) atoms. The molecule has 0 atom stereocenters. The Morgan fingerprint density at radius 1 is 1.56 bits per heavy atom. The van der Waals surface area contributed by atoms with Crippen LogP contribution in [0.4, 0.5) is 4.79 Å². The molecule has 1 rings (SSSR count). The van der Waals surface area contributed by atoms with E-state index < -0.39 is 11.7 Å². The average Bonchev–Trinajstić information content (AvgIpc) is 2.48. The topological polar surface area (TPSA) is 63.2 Å². The van der Waals surface area contributed by atoms with E-state index in [2.05, 4.69) is 15.8 Å². The number of hydrazine groups is 1. The molecule has 0 aliphatic rings. The summed E-state index contributed by atoms with van der Waals surface area (Å²) in [5.41, 5.74) is 5.72. The second-order valence-electron chi connectivity index (χ2n) is 4.36. The highest BCUT2D eigenvalue weighted by Gasteiger charge is 2.15. The maximum absolute atomic E-state index is 11.2. The molecule has 1 aromatic heterocycles. The third-order valence-corrected chi connectivity index (χ3v) is 2.46. The van der Waals surface area contributed by atoms with Crippen LogP contribution in [-0.2, 0) is 11.3 Å². The number of amides is 1. The first-order valence-corrected chi connectivity index (χ1v) is 5.87. The normalized spacial score (nSPS) is 11.2. The molecule has 2 N–H and O–H groups in total. The van der Waals surface area contributed by atoms with Crippen LogP contribution in [0, 0.1) is 6.92 Å². The summed E-state index contributed by atoms with van der Waals surface area (Å²) < 4.78 is 5.05. The van der Waals surface area contributed by atoms with E-state index in [-0.39, 0.29) is 0 Å². The number of thiazole rings is 1. The van der Waals surface area contributed by atoms with Gasteiger partial charge >= 0.3 is 6.09 Å². The molecule has 90 valence electrons. The molecule has 1 aromatic rings. The van der Waals surface area contributed by atoms with E-state index in [1.165, 1.54) is 0 Å². The standard InChI is InChI=1S/C10H17N3O2S/c1-7-6-16-8(12-7)5-11-13-9(14)15-10(2,3)4/h6,11H,5H2,1-4H3,(H,13,14). The first-order valence-electron chi connectivity index (χ1n) is 5.00. The molecule has 0 saturated heterocycles. The maximum atomic E-state index is 11.2. The van der Waals surface area contributed by atoms with E-state index in [0.29, 0.717) is 6.54 Å².